The van der Waals surface area contributed by atoms with Crippen LogP contribution < -0.4 is 5.32 Å². The van der Waals surface area contributed by atoms with Crippen molar-refractivity contribution >= 4 is 11.8 Å². The van der Waals surface area contributed by atoms with E-state index in [0.717, 1.165) is 5.56 Å². The molecular formula is C21H25FN4O3. The predicted molar refractivity (Wildman–Crippen MR) is 105 cm³/mol. The Morgan fingerprint density at radius 3 is 2.62 bits per heavy atom. The average Bonchev–Trinajstić information content (AvgIpc) is 2.74. The molecule has 1 aromatic carbocycles. The number of nitrogens with zero attached hydrogens (tertiary/aromatic N) is 3. The van der Waals surface area contributed by atoms with Crippen molar-refractivity contribution in [2.75, 3.05) is 32.8 Å². The highest BCUT2D eigenvalue weighted by atomic mass is 19.1. The van der Waals surface area contributed by atoms with Gasteiger partial charge in [0, 0.05) is 38.7 Å². The normalized spacial score (nSPS) is 13.9. The number of aryl methyl sites for hydroxylation is 2. The van der Waals surface area contributed by atoms with Gasteiger partial charge < -0.3 is 15.0 Å². The zero-order valence-corrected chi connectivity index (χ0v) is 16.5. The Hall–Kier alpha value is -2.87. The predicted octanol–water partition coefficient (Wildman–Crippen LogP) is 1.69. The number of rotatable bonds is 7. The Morgan fingerprint density at radius 2 is 1.90 bits per heavy atom. The van der Waals surface area contributed by atoms with Gasteiger partial charge in [-0.1, -0.05) is 12.1 Å². The molecule has 0 saturated carbocycles. The number of hydrogen-bond donors (Lipinski definition) is 1. The van der Waals surface area contributed by atoms with Gasteiger partial charge in [-0.2, -0.15) is 0 Å². The number of aromatic nitrogens is 2. The maximum atomic E-state index is 12.9. The summed E-state index contributed by atoms with van der Waals surface area (Å²) in [7, 11) is 0. The summed E-state index contributed by atoms with van der Waals surface area (Å²) in [5.41, 5.74) is 2.01. The Bertz CT molecular complexity index is 852. The SMILES string of the molecule is Cc1ncc(C(=O)N2CCOCC2)c(CCNC(=O)CCc2ccc(F)cc2)n1. The summed E-state index contributed by atoms with van der Waals surface area (Å²) in [6, 6.07) is 6.13. The second kappa shape index (κ2) is 10.1. The highest BCUT2D eigenvalue weighted by molar-refractivity contribution is 5.95. The van der Waals surface area contributed by atoms with Gasteiger partial charge in [-0.3, -0.25) is 9.59 Å². The highest BCUT2D eigenvalue weighted by Crippen LogP contribution is 2.12. The van der Waals surface area contributed by atoms with Crippen molar-refractivity contribution in [3.63, 3.8) is 0 Å². The summed E-state index contributed by atoms with van der Waals surface area (Å²) in [5, 5.41) is 2.86. The summed E-state index contributed by atoms with van der Waals surface area (Å²) in [6.45, 7) is 4.30. The number of halogens is 1. The van der Waals surface area contributed by atoms with Crippen LogP contribution in [0.4, 0.5) is 4.39 Å². The molecule has 7 nitrogen and oxygen atoms in total. The minimum absolute atomic E-state index is 0.0961. The summed E-state index contributed by atoms with van der Waals surface area (Å²) >= 11 is 0. The van der Waals surface area contributed by atoms with E-state index in [1.807, 2.05) is 0 Å². The number of hydrogen-bond acceptors (Lipinski definition) is 5. The third-order valence-corrected chi connectivity index (χ3v) is 4.75. The van der Waals surface area contributed by atoms with Crippen molar-refractivity contribution in [2.45, 2.75) is 26.2 Å². The lowest BCUT2D eigenvalue weighted by Crippen LogP contribution is -2.41. The van der Waals surface area contributed by atoms with Crippen LogP contribution in [0.15, 0.2) is 30.5 Å². The molecule has 0 atom stereocenters. The van der Waals surface area contributed by atoms with E-state index in [9.17, 15) is 14.0 Å². The topological polar surface area (TPSA) is 84.4 Å². The van der Waals surface area contributed by atoms with Crippen LogP contribution in [0.1, 0.15) is 33.9 Å². The third-order valence-electron chi connectivity index (χ3n) is 4.75. The number of amides is 2. The number of carbonyl (C=O) groups excluding carboxylic acids is 2. The van der Waals surface area contributed by atoms with Gasteiger partial charge >= 0.3 is 0 Å². The van der Waals surface area contributed by atoms with E-state index in [1.54, 1.807) is 30.2 Å². The van der Waals surface area contributed by atoms with E-state index in [2.05, 4.69) is 15.3 Å². The van der Waals surface area contributed by atoms with Crippen LogP contribution in [0.25, 0.3) is 0 Å². The molecule has 29 heavy (non-hydrogen) atoms. The number of carbonyl (C=O) groups is 2. The van der Waals surface area contributed by atoms with Crippen molar-refractivity contribution in [1.82, 2.24) is 20.2 Å². The summed E-state index contributed by atoms with van der Waals surface area (Å²) in [4.78, 5) is 35.2. The molecule has 0 aliphatic carbocycles. The molecule has 1 aliphatic heterocycles. The van der Waals surface area contributed by atoms with Gasteiger partial charge in [-0.25, -0.2) is 14.4 Å². The molecule has 3 rings (SSSR count). The largest absolute Gasteiger partial charge is 0.378 e. The van der Waals surface area contributed by atoms with Gasteiger partial charge in [0.25, 0.3) is 5.91 Å². The summed E-state index contributed by atoms with van der Waals surface area (Å²) < 4.78 is 18.2. The van der Waals surface area contributed by atoms with Crippen molar-refractivity contribution < 1.29 is 18.7 Å². The Kier molecular flexibility index (Phi) is 7.24. The van der Waals surface area contributed by atoms with Crippen molar-refractivity contribution in [1.29, 1.82) is 0 Å². The molecule has 2 aromatic rings. The van der Waals surface area contributed by atoms with E-state index in [0.29, 0.717) is 69.2 Å². The Labute approximate surface area is 169 Å². The first-order valence-corrected chi connectivity index (χ1v) is 9.73. The van der Waals surface area contributed by atoms with Crippen LogP contribution in [0.2, 0.25) is 0 Å². The fraction of sp³-hybridized carbons (Fsp3) is 0.429. The van der Waals surface area contributed by atoms with E-state index < -0.39 is 0 Å². The zero-order valence-electron chi connectivity index (χ0n) is 16.5. The summed E-state index contributed by atoms with van der Waals surface area (Å²) in [6.07, 6.45) is 2.86. The third kappa shape index (κ3) is 6.05. The van der Waals surface area contributed by atoms with E-state index in [4.69, 9.17) is 4.74 Å². The maximum absolute atomic E-state index is 12.9. The van der Waals surface area contributed by atoms with E-state index >= 15 is 0 Å². The minimum atomic E-state index is -0.291. The number of nitrogens with one attached hydrogen (secondary N) is 1. The highest BCUT2D eigenvalue weighted by Gasteiger charge is 2.22. The van der Waals surface area contributed by atoms with Crippen LogP contribution >= 0.6 is 0 Å². The quantitative estimate of drug-likeness (QED) is 0.765. The minimum Gasteiger partial charge on any atom is -0.378 e. The van der Waals surface area contributed by atoms with Crippen molar-refractivity contribution in [3.05, 3.63) is 58.9 Å². The first kappa shape index (κ1) is 20.9. The van der Waals surface area contributed by atoms with E-state index in [1.165, 1.54) is 12.1 Å². The monoisotopic (exact) mass is 400 g/mol. The summed E-state index contributed by atoms with van der Waals surface area (Å²) in [5.74, 6) is 0.0917. The lowest BCUT2D eigenvalue weighted by molar-refractivity contribution is -0.121. The smallest absolute Gasteiger partial charge is 0.257 e. The molecule has 0 unspecified atom stereocenters. The van der Waals surface area contributed by atoms with Gasteiger partial charge in [-0.15, -0.1) is 0 Å². The second-order valence-corrected chi connectivity index (χ2v) is 6.91. The number of benzene rings is 1. The standard InChI is InChI=1S/C21H25FN4O3/c1-15-24-14-18(21(28)26-10-12-29-13-11-26)19(25-15)8-9-23-20(27)7-4-16-2-5-17(22)6-3-16/h2-3,5-6,14H,4,7-13H2,1H3,(H,23,27). The molecule has 0 spiro atoms. The molecule has 2 amide bonds. The molecular weight excluding hydrogens is 375 g/mol. The van der Waals surface area contributed by atoms with Crippen LogP contribution in [0.3, 0.4) is 0 Å². The van der Waals surface area contributed by atoms with Crippen molar-refractivity contribution in [3.8, 4) is 0 Å². The molecule has 1 fully saturated rings. The molecule has 8 heteroatoms. The molecule has 1 N–H and O–H groups in total. The Balaban J connectivity index is 1.52. The first-order valence-electron chi connectivity index (χ1n) is 9.73. The van der Waals surface area contributed by atoms with Gasteiger partial charge in [0.05, 0.1) is 24.5 Å². The molecule has 154 valence electrons. The van der Waals surface area contributed by atoms with E-state index in [-0.39, 0.29) is 17.6 Å². The van der Waals surface area contributed by atoms with Crippen LogP contribution in [-0.4, -0.2) is 59.5 Å². The lowest BCUT2D eigenvalue weighted by atomic mass is 10.1. The lowest BCUT2D eigenvalue weighted by Gasteiger charge is -2.27. The van der Waals surface area contributed by atoms with Gasteiger partial charge in [0.1, 0.15) is 11.6 Å². The van der Waals surface area contributed by atoms with Crippen LogP contribution in [0.5, 0.6) is 0 Å². The van der Waals surface area contributed by atoms with Crippen LogP contribution in [0, 0.1) is 12.7 Å². The molecule has 2 heterocycles. The average molecular weight is 400 g/mol. The zero-order chi connectivity index (χ0) is 20.6. The Morgan fingerprint density at radius 1 is 1.17 bits per heavy atom. The molecule has 1 aromatic heterocycles. The number of morpholine rings is 1. The molecule has 0 bridgehead atoms. The molecule has 1 saturated heterocycles. The van der Waals surface area contributed by atoms with Crippen LogP contribution in [-0.2, 0) is 22.4 Å². The van der Waals surface area contributed by atoms with Gasteiger partial charge in [-0.05, 0) is 31.0 Å². The maximum Gasteiger partial charge on any atom is 0.257 e. The fourth-order valence-electron chi connectivity index (χ4n) is 3.14. The van der Waals surface area contributed by atoms with Gasteiger partial charge in [0.2, 0.25) is 5.91 Å². The second-order valence-electron chi connectivity index (χ2n) is 6.91. The molecule has 0 radical (unpaired) electrons. The van der Waals surface area contributed by atoms with Crippen molar-refractivity contribution in [2.24, 2.45) is 0 Å². The fourth-order valence-corrected chi connectivity index (χ4v) is 3.14. The number of ether oxygens (including phenoxy) is 1. The molecule has 1 aliphatic rings. The first-order chi connectivity index (χ1) is 14.0. The van der Waals surface area contributed by atoms with Gasteiger partial charge in [0.15, 0.2) is 0 Å².